The summed E-state index contributed by atoms with van der Waals surface area (Å²) in [7, 11) is -9.70. The van der Waals surface area contributed by atoms with Crippen LogP contribution in [-0.2, 0) is 29.7 Å². The summed E-state index contributed by atoms with van der Waals surface area (Å²) in [6.07, 6.45) is -4.39. The molecule has 0 aromatic carbocycles. The van der Waals surface area contributed by atoms with Gasteiger partial charge < -0.3 is 4.74 Å². The third-order valence-electron chi connectivity index (χ3n) is 2.36. The Morgan fingerprint density at radius 3 is 2.17 bits per heavy atom. The van der Waals surface area contributed by atoms with Crippen molar-refractivity contribution < 1.29 is 48.9 Å². The molecule has 24 heavy (non-hydrogen) atoms. The molecule has 0 aliphatic carbocycles. The number of halogens is 3. The second-order valence-electron chi connectivity index (χ2n) is 4.42. The molecule has 15 heteroatoms. The van der Waals surface area contributed by atoms with Crippen LogP contribution in [0, 0.1) is 0 Å². The van der Waals surface area contributed by atoms with Gasteiger partial charge in [-0.15, -0.1) is 0 Å². The van der Waals surface area contributed by atoms with Crippen LogP contribution in [-0.4, -0.2) is 75.7 Å². The zero-order valence-electron chi connectivity index (χ0n) is 12.4. The first-order valence-corrected chi connectivity index (χ1v) is 9.31. The molecule has 0 aliphatic rings. The number of carbonyl (C=O) groups excluding carboxylic acids is 2. The maximum absolute atomic E-state index is 13.1. The fourth-order valence-electron chi connectivity index (χ4n) is 1.20. The van der Waals surface area contributed by atoms with E-state index in [1.807, 2.05) is 4.72 Å². The summed E-state index contributed by atoms with van der Waals surface area (Å²) in [6, 6.07) is 0. The summed E-state index contributed by atoms with van der Waals surface area (Å²) in [4.78, 5) is 23.0. The van der Waals surface area contributed by atoms with Gasteiger partial charge in [-0.1, -0.05) is 0 Å². The average Bonchev–Trinajstić information content (AvgIpc) is 2.37. The number of rotatable bonds is 8. The van der Waals surface area contributed by atoms with E-state index in [1.54, 1.807) is 0 Å². The SMILES string of the molecule is CC(=O)N(CCNS(C)(=O)=O)C(=O)OCC(F)C(F)(F)S(=O)(=O)O. The van der Waals surface area contributed by atoms with Crippen molar-refractivity contribution in [2.24, 2.45) is 0 Å². The number of ether oxygens (including phenoxy) is 1. The van der Waals surface area contributed by atoms with Gasteiger partial charge in [0, 0.05) is 20.0 Å². The van der Waals surface area contributed by atoms with Crippen molar-refractivity contribution in [2.75, 3.05) is 26.0 Å². The maximum Gasteiger partial charge on any atom is 0.416 e. The van der Waals surface area contributed by atoms with Gasteiger partial charge >= 0.3 is 21.5 Å². The van der Waals surface area contributed by atoms with Crippen LogP contribution in [0.25, 0.3) is 0 Å². The highest BCUT2D eigenvalue weighted by atomic mass is 32.2. The molecule has 0 radical (unpaired) electrons. The van der Waals surface area contributed by atoms with E-state index in [-0.39, 0.29) is 4.90 Å². The molecule has 0 aromatic heterocycles. The molecule has 0 saturated carbocycles. The van der Waals surface area contributed by atoms with E-state index >= 15 is 0 Å². The molecule has 0 fully saturated rings. The molecule has 0 rings (SSSR count). The highest BCUT2D eigenvalue weighted by Crippen LogP contribution is 2.27. The van der Waals surface area contributed by atoms with Crippen LogP contribution >= 0.6 is 0 Å². The predicted molar refractivity (Wildman–Crippen MR) is 73.0 cm³/mol. The Kier molecular flexibility index (Phi) is 7.60. The van der Waals surface area contributed by atoms with Gasteiger partial charge in [0.2, 0.25) is 22.1 Å². The molecule has 0 spiro atoms. The van der Waals surface area contributed by atoms with Gasteiger partial charge in [-0.3, -0.25) is 9.35 Å². The Morgan fingerprint density at radius 2 is 1.79 bits per heavy atom. The fourth-order valence-corrected chi connectivity index (χ4v) is 2.05. The van der Waals surface area contributed by atoms with Crippen LogP contribution in [0.4, 0.5) is 18.0 Å². The van der Waals surface area contributed by atoms with Crippen molar-refractivity contribution in [3.8, 4) is 0 Å². The smallest absolute Gasteiger partial charge is 0.416 e. The monoisotopic (exact) mass is 400 g/mol. The summed E-state index contributed by atoms with van der Waals surface area (Å²) in [6.45, 7) is -1.88. The van der Waals surface area contributed by atoms with E-state index in [0.717, 1.165) is 13.2 Å². The number of carbonyl (C=O) groups is 2. The molecule has 0 saturated heterocycles. The first kappa shape index (κ1) is 22.6. The maximum atomic E-state index is 13.1. The number of nitrogens with one attached hydrogen (secondary N) is 1. The van der Waals surface area contributed by atoms with Crippen LogP contribution < -0.4 is 4.72 Å². The summed E-state index contributed by atoms with van der Waals surface area (Å²) < 4.78 is 95.4. The summed E-state index contributed by atoms with van der Waals surface area (Å²) in [5, 5.41) is -5.22. The van der Waals surface area contributed by atoms with Crippen LogP contribution in [0.5, 0.6) is 0 Å². The first-order valence-electron chi connectivity index (χ1n) is 5.98. The van der Waals surface area contributed by atoms with Crippen LogP contribution in [0.15, 0.2) is 0 Å². The van der Waals surface area contributed by atoms with Crippen molar-refractivity contribution in [3.05, 3.63) is 0 Å². The summed E-state index contributed by atoms with van der Waals surface area (Å²) >= 11 is 0. The highest BCUT2D eigenvalue weighted by Gasteiger charge is 2.53. The third-order valence-corrected chi connectivity index (χ3v) is 4.03. The number of imide groups is 1. The van der Waals surface area contributed by atoms with Gasteiger partial charge in [0.15, 0.2) is 0 Å². The van der Waals surface area contributed by atoms with E-state index < -0.39 is 63.3 Å². The van der Waals surface area contributed by atoms with Crippen molar-refractivity contribution in [1.82, 2.24) is 9.62 Å². The van der Waals surface area contributed by atoms with E-state index in [9.17, 15) is 39.6 Å². The fraction of sp³-hybridized carbons (Fsp3) is 0.778. The zero-order chi connectivity index (χ0) is 19.3. The van der Waals surface area contributed by atoms with E-state index in [1.165, 1.54) is 0 Å². The molecule has 2 amide bonds. The molecular formula is C9H15F3N2O8S2. The lowest BCUT2D eigenvalue weighted by Crippen LogP contribution is -2.45. The highest BCUT2D eigenvalue weighted by molar-refractivity contribution is 7.88. The quantitative estimate of drug-likeness (QED) is 0.510. The lowest BCUT2D eigenvalue weighted by molar-refractivity contribution is -0.127. The van der Waals surface area contributed by atoms with Gasteiger partial charge in [0.05, 0.1) is 6.26 Å². The average molecular weight is 400 g/mol. The standard InChI is InChI=1S/C9H15F3N2O8S2/c1-6(15)14(4-3-13-23(2,17)18)8(16)22-5-7(10)9(11,12)24(19,20)21/h7,13H,3-5H2,1-2H3,(H,19,20,21). The molecule has 0 aliphatic heterocycles. The second-order valence-corrected chi connectivity index (χ2v) is 7.75. The number of hydrogen-bond acceptors (Lipinski definition) is 7. The summed E-state index contributed by atoms with van der Waals surface area (Å²) in [5.41, 5.74) is 0. The van der Waals surface area contributed by atoms with Crippen molar-refractivity contribution >= 4 is 32.1 Å². The van der Waals surface area contributed by atoms with E-state index in [0.29, 0.717) is 0 Å². The molecule has 0 heterocycles. The van der Waals surface area contributed by atoms with Gasteiger partial charge in [0.1, 0.15) is 6.61 Å². The van der Waals surface area contributed by atoms with Crippen LogP contribution in [0.3, 0.4) is 0 Å². The minimum absolute atomic E-state index is 0.274. The zero-order valence-corrected chi connectivity index (χ0v) is 14.0. The number of sulfonamides is 1. The topological polar surface area (TPSA) is 147 Å². The van der Waals surface area contributed by atoms with Gasteiger partial charge in [-0.25, -0.2) is 27.2 Å². The Hall–Kier alpha value is -1.45. The Labute approximate surface area is 135 Å². The molecule has 0 aromatic rings. The Balaban J connectivity index is 4.78. The Bertz CT molecular complexity index is 679. The van der Waals surface area contributed by atoms with Crippen molar-refractivity contribution in [3.63, 3.8) is 0 Å². The minimum atomic E-state index is -6.07. The Morgan fingerprint density at radius 1 is 1.29 bits per heavy atom. The molecule has 10 nitrogen and oxygen atoms in total. The number of amides is 2. The first-order chi connectivity index (χ1) is 10.6. The number of alkyl halides is 3. The van der Waals surface area contributed by atoms with Crippen molar-refractivity contribution in [1.29, 1.82) is 0 Å². The normalized spacial score (nSPS) is 14.1. The van der Waals surface area contributed by atoms with Crippen LogP contribution in [0.1, 0.15) is 6.92 Å². The number of hydrogen-bond donors (Lipinski definition) is 2. The largest absolute Gasteiger partial charge is 0.446 e. The second kappa shape index (κ2) is 8.09. The third kappa shape index (κ3) is 6.98. The van der Waals surface area contributed by atoms with E-state index in [2.05, 4.69) is 4.74 Å². The van der Waals surface area contributed by atoms with Crippen LogP contribution in [0.2, 0.25) is 0 Å². The molecule has 0 bridgehead atoms. The van der Waals surface area contributed by atoms with Gasteiger partial charge in [0.25, 0.3) is 0 Å². The molecule has 2 N–H and O–H groups in total. The van der Waals surface area contributed by atoms with Gasteiger partial charge in [-0.05, 0) is 0 Å². The summed E-state index contributed by atoms with van der Waals surface area (Å²) in [5.74, 6) is -0.966. The predicted octanol–water partition coefficient (Wildman–Crippen LogP) is -0.661. The lowest BCUT2D eigenvalue weighted by atomic mass is 10.4. The van der Waals surface area contributed by atoms with E-state index in [4.69, 9.17) is 4.55 Å². The minimum Gasteiger partial charge on any atom is -0.446 e. The van der Waals surface area contributed by atoms with Gasteiger partial charge in [-0.2, -0.15) is 17.2 Å². The molecular weight excluding hydrogens is 385 g/mol. The number of nitrogens with zero attached hydrogens (tertiary/aromatic N) is 1. The lowest BCUT2D eigenvalue weighted by Gasteiger charge is -2.21. The molecule has 1 unspecified atom stereocenters. The molecule has 1 atom stereocenters. The van der Waals surface area contributed by atoms with Crippen molar-refractivity contribution in [2.45, 2.75) is 18.3 Å². The molecule has 142 valence electrons.